The van der Waals surface area contributed by atoms with E-state index in [1.165, 1.54) is 0 Å². The van der Waals surface area contributed by atoms with Crippen molar-refractivity contribution >= 4 is 23.2 Å². The zero-order valence-electron chi connectivity index (χ0n) is 11.4. The lowest BCUT2D eigenvalue weighted by molar-refractivity contribution is 0.0963. The van der Waals surface area contributed by atoms with Crippen LogP contribution in [0.3, 0.4) is 0 Å². The minimum absolute atomic E-state index is 0.105. The monoisotopic (exact) mass is 268 g/mol. The second kappa shape index (κ2) is 6.64. The van der Waals surface area contributed by atoms with Crippen molar-refractivity contribution in [1.82, 2.24) is 5.32 Å². The summed E-state index contributed by atoms with van der Waals surface area (Å²) in [6.07, 6.45) is 1.06. The molecule has 0 spiro atoms. The highest BCUT2D eigenvalue weighted by atomic mass is 35.5. The van der Waals surface area contributed by atoms with Crippen LogP contribution in [0.25, 0.3) is 0 Å². The Kier molecular flexibility index (Phi) is 5.48. The Balaban J connectivity index is 2.84. The van der Waals surface area contributed by atoms with E-state index in [1.54, 1.807) is 25.2 Å². The van der Waals surface area contributed by atoms with Gasteiger partial charge < -0.3 is 10.6 Å². The van der Waals surface area contributed by atoms with Gasteiger partial charge in [0.25, 0.3) is 5.91 Å². The molecule has 18 heavy (non-hydrogen) atoms. The molecule has 0 bridgehead atoms. The number of halogens is 1. The molecule has 1 amide bonds. The highest BCUT2D eigenvalue weighted by Gasteiger charge is 2.10. The predicted molar refractivity (Wildman–Crippen MR) is 77.4 cm³/mol. The van der Waals surface area contributed by atoms with Crippen molar-refractivity contribution in [3.05, 3.63) is 28.8 Å². The molecule has 1 atom stereocenters. The Morgan fingerprint density at radius 3 is 2.56 bits per heavy atom. The first-order valence-electron chi connectivity index (χ1n) is 6.22. The minimum Gasteiger partial charge on any atom is -0.381 e. The van der Waals surface area contributed by atoms with Gasteiger partial charge in [-0.3, -0.25) is 4.79 Å². The van der Waals surface area contributed by atoms with Crippen molar-refractivity contribution in [2.45, 2.75) is 33.2 Å². The average Bonchev–Trinajstić information content (AvgIpc) is 2.30. The largest absolute Gasteiger partial charge is 0.381 e. The summed E-state index contributed by atoms with van der Waals surface area (Å²) in [6, 6.07) is 5.58. The number of carbonyl (C=O) groups excluding carboxylic acids is 1. The topological polar surface area (TPSA) is 41.1 Å². The van der Waals surface area contributed by atoms with Gasteiger partial charge in [-0.05, 0) is 37.5 Å². The number of hydrogen-bond acceptors (Lipinski definition) is 2. The lowest BCUT2D eigenvalue weighted by Crippen LogP contribution is -2.20. The smallest absolute Gasteiger partial charge is 0.251 e. The summed E-state index contributed by atoms with van der Waals surface area (Å²) in [5.74, 6) is 0.514. The van der Waals surface area contributed by atoms with Crippen LogP contribution in [0.1, 0.15) is 37.6 Å². The molecule has 1 aromatic rings. The van der Waals surface area contributed by atoms with E-state index < -0.39 is 0 Å². The van der Waals surface area contributed by atoms with Crippen LogP contribution < -0.4 is 10.6 Å². The maximum Gasteiger partial charge on any atom is 0.251 e. The van der Waals surface area contributed by atoms with E-state index in [-0.39, 0.29) is 5.91 Å². The second-order valence-electron chi connectivity index (χ2n) is 4.95. The molecule has 0 saturated heterocycles. The maximum absolute atomic E-state index is 11.6. The van der Waals surface area contributed by atoms with E-state index in [2.05, 4.69) is 31.4 Å². The van der Waals surface area contributed by atoms with Gasteiger partial charge in [0.2, 0.25) is 0 Å². The molecular weight excluding hydrogens is 248 g/mol. The van der Waals surface area contributed by atoms with Crippen molar-refractivity contribution < 1.29 is 4.79 Å². The van der Waals surface area contributed by atoms with Gasteiger partial charge in [-0.2, -0.15) is 0 Å². The Morgan fingerprint density at radius 1 is 1.33 bits per heavy atom. The van der Waals surface area contributed by atoms with Crippen LogP contribution in [0.5, 0.6) is 0 Å². The van der Waals surface area contributed by atoms with Crippen LogP contribution in [-0.2, 0) is 0 Å². The number of benzene rings is 1. The van der Waals surface area contributed by atoms with Gasteiger partial charge in [-0.1, -0.05) is 25.4 Å². The number of rotatable bonds is 5. The van der Waals surface area contributed by atoms with Gasteiger partial charge in [0.1, 0.15) is 0 Å². The van der Waals surface area contributed by atoms with Gasteiger partial charge in [0.05, 0.1) is 10.7 Å². The molecule has 0 saturated carbocycles. The molecule has 1 unspecified atom stereocenters. The molecule has 0 aliphatic carbocycles. The van der Waals surface area contributed by atoms with E-state index in [0.717, 1.165) is 12.1 Å². The van der Waals surface area contributed by atoms with E-state index in [0.29, 0.717) is 22.5 Å². The molecule has 0 aromatic heterocycles. The van der Waals surface area contributed by atoms with Crippen molar-refractivity contribution in [1.29, 1.82) is 0 Å². The highest BCUT2D eigenvalue weighted by Crippen LogP contribution is 2.24. The summed E-state index contributed by atoms with van der Waals surface area (Å²) in [5, 5.41) is 6.59. The molecule has 2 N–H and O–H groups in total. The first kappa shape index (κ1) is 14.8. The Bertz CT molecular complexity index is 418. The van der Waals surface area contributed by atoms with Crippen LogP contribution in [0.15, 0.2) is 18.2 Å². The van der Waals surface area contributed by atoms with Crippen LogP contribution in [0.2, 0.25) is 5.02 Å². The van der Waals surface area contributed by atoms with E-state index >= 15 is 0 Å². The zero-order chi connectivity index (χ0) is 13.7. The van der Waals surface area contributed by atoms with Crippen LogP contribution in [-0.4, -0.2) is 19.0 Å². The second-order valence-corrected chi connectivity index (χ2v) is 5.36. The third-order valence-corrected chi connectivity index (χ3v) is 3.01. The average molecular weight is 269 g/mol. The lowest BCUT2D eigenvalue weighted by Gasteiger charge is -2.18. The molecule has 0 fully saturated rings. The summed E-state index contributed by atoms with van der Waals surface area (Å²) in [6.45, 7) is 6.48. The minimum atomic E-state index is -0.105. The van der Waals surface area contributed by atoms with Crippen molar-refractivity contribution in [2.24, 2.45) is 5.92 Å². The first-order valence-corrected chi connectivity index (χ1v) is 6.60. The van der Waals surface area contributed by atoms with Crippen molar-refractivity contribution in [2.75, 3.05) is 12.4 Å². The molecule has 1 rings (SSSR count). The van der Waals surface area contributed by atoms with Crippen molar-refractivity contribution in [3.8, 4) is 0 Å². The molecule has 0 heterocycles. The van der Waals surface area contributed by atoms with Gasteiger partial charge in [-0.25, -0.2) is 0 Å². The van der Waals surface area contributed by atoms with Crippen LogP contribution in [0, 0.1) is 5.92 Å². The fourth-order valence-corrected chi connectivity index (χ4v) is 2.13. The first-order chi connectivity index (χ1) is 8.43. The third-order valence-electron chi connectivity index (χ3n) is 2.68. The summed E-state index contributed by atoms with van der Waals surface area (Å²) in [5.41, 5.74) is 1.42. The SMILES string of the molecule is CNC(=O)c1ccc(Cl)c(NC(C)CC(C)C)c1. The fraction of sp³-hybridized carbons (Fsp3) is 0.500. The van der Waals surface area contributed by atoms with Crippen molar-refractivity contribution in [3.63, 3.8) is 0 Å². The number of carbonyl (C=O) groups is 1. The highest BCUT2D eigenvalue weighted by molar-refractivity contribution is 6.33. The molecule has 0 aliphatic rings. The van der Waals surface area contributed by atoms with E-state index in [1.807, 2.05) is 0 Å². The Hall–Kier alpha value is -1.22. The summed E-state index contributed by atoms with van der Waals surface area (Å²) in [4.78, 5) is 11.6. The van der Waals surface area contributed by atoms with Crippen LogP contribution in [0.4, 0.5) is 5.69 Å². The predicted octanol–water partition coefficient (Wildman–Crippen LogP) is 3.55. The van der Waals surface area contributed by atoms with Gasteiger partial charge in [0.15, 0.2) is 0 Å². The van der Waals surface area contributed by atoms with Gasteiger partial charge in [-0.15, -0.1) is 0 Å². The van der Waals surface area contributed by atoms with Crippen LogP contribution >= 0.6 is 11.6 Å². The molecular formula is C14H21ClN2O. The fourth-order valence-electron chi connectivity index (χ4n) is 1.95. The molecule has 4 heteroatoms. The Labute approximate surface area is 114 Å². The standard InChI is InChI=1S/C14H21ClN2O/c1-9(2)7-10(3)17-13-8-11(14(18)16-4)5-6-12(13)15/h5-6,8-10,17H,7H2,1-4H3,(H,16,18). The molecule has 100 valence electrons. The maximum atomic E-state index is 11.6. The summed E-state index contributed by atoms with van der Waals surface area (Å²) in [7, 11) is 1.62. The molecule has 0 aliphatic heterocycles. The number of nitrogens with one attached hydrogen (secondary N) is 2. The van der Waals surface area contributed by atoms with Gasteiger partial charge >= 0.3 is 0 Å². The quantitative estimate of drug-likeness (QED) is 0.858. The molecule has 1 aromatic carbocycles. The molecule has 3 nitrogen and oxygen atoms in total. The third kappa shape index (κ3) is 4.22. The van der Waals surface area contributed by atoms with Gasteiger partial charge in [0, 0.05) is 18.7 Å². The zero-order valence-corrected chi connectivity index (χ0v) is 12.1. The molecule has 0 radical (unpaired) electrons. The summed E-state index contributed by atoms with van der Waals surface area (Å²) < 4.78 is 0. The normalized spacial score (nSPS) is 12.3. The lowest BCUT2D eigenvalue weighted by atomic mass is 10.0. The number of anilines is 1. The number of amides is 1. The van der Waals surface area contributed by atoms with E-state index in [4.69, 9.17) is 11.6 Å². The Morgan fingerprint density at radius 2 is 2.00 bits per heavy atom. The van der Waals surface area contributed by atoms with E-state index in [9.17, 15) is 4.79 Å². The number of hydrogen-bond donors (Lipinski definition) is 2. The summed E-state index contributed by atoms with van der Waals surface area (Å²) >= 11 is 6.13.